The molecule has 0 unspecified atom stereocenters. The van der Waals surface area contributed by atoms with Crippen LogP contribution in [0.3, 0.4) is 0 Å². The highest BCUT2D eigenvalue weighted by Gasteiger charge is 2.22. The van der Waals surface area contributed by atoms with Crippen molar-refractivity contribution in [1.29, 1.82) is 0 Å². The lowest BCUT2D eigenvalue weighted by molar-refractivity contribution is 0.0716. The van der Waals surface area contributed by atoms with E-state index in [9.17, 15) is 9.59 Å². The molecule has 5 N–H and O–H groups in total. The van der Waals surface area contributed by atoms with Crippen LogP contribution < -0.4 is 11.5 Å². The van der Waals surface area contributed by atoms with Crippen LogP contribution in [0.25, 0.3) is 0 Å². The molecule has 1 aromatic heterocycles. The minimum atomic E-state index is -0.602. The average Bonchev–Trinajstić information content (AvgIpc) is 2.92. The van der Waals surface area contributed by atoms with E-state index in [1.54, 1.807) is 11.0 Å². The highest BCUT2D eigenvalue weighted by Crippen LogP contribution is 2.16. The Labute approximate surface area is 211 Å². The minimum absolute atomic E-state index is 0.108. The maximum Gasteiger partial charge on any atom is 0.274 e. The molecule has 2 aromatic rings. The number of likely N-dealkylation sites (tertiary alicyclic amines) is 1. The van der Waals surface area contributed by atoms with Crippen molar-refractivity contribution < 1.29 is 14.7 Å². The summed E-state index contributed by atoms with van der Waals surface area (Å²) < 4.78 is 0. The van der Waals surface area contributed by atoms with E-state index >= 15 is 0 Å². The Balaban J connectivity index is 0. The van der Waals surface area contributed by atoms with Gasteiger partial charge in [0.05, 0.1) is 6.61 Å². The van der Waals surface area contributed by atoms with E-state index in [4.69, 9.17) is 10.8 Å². The summed E-state index contributed by atoms with van der Waals surface area (Å²) in [6, 6.07) is 11.2. The van der Waals surface area contributed by atoms with Crippen molar-refractivity contribution in [2.45, 2.75) is 60.0 Å². The maximum absolute atomic E-state index is 12.4. The quantitative estimate of drug-likeness (QED) is 0.555. The summed E-state index contributed by atoms with van der Waals surface area (Å²) in [7, 11) is 1.50. The fraction of sp³-hybridized carbons (Fsp3) is 0.481. The van der Waals surface area contributed by atoms with Crippen LogP contribution in [-0.4, -0.2) is 52.2 Å². The molecule has 1 fully saturated rings. The first kappa shape index (κ1) is 33.9. The monoisotopic (exact) mass is 485 g/mol. The molecule has 35 heavy (non-hydrogen) atoms. The third-order valence-corrected chi connectivity index (χ3v) is 4.62. The van der Waals surface area contributed by atoms with Crippen molar-refractivity contribution >= 4 is 11.8 Å². The first-order chi connectivity index (χ1) is 16.9. The summed E-state index contributed by atoms with van der Waals surface area (Å²) in [6.07, 6.45) is 11.9. The first-order valence-corrected chi connectivity index (χ1v) is 11.9. The highest BCUT2D eigenvalue weighted by atomic mass is 16.3. The summed E-state index contributed by atoms with van der Waals surface area (Å²) in [4.78, 5) is 25.6. The van der Waals surface area contributed by atoms with Gasteiger partial charge in [0.25, 0.3) is 11.8 Å². The van der Waals surface area contributed by atoms with Gasteiger partial charge in [-0.05, 0) is 55.8 Å². The van der Waals surface area contributed by atoms with Crippen LogP contribution in [0.4, 0.5) is 0 Å². The molecular formula is C27H43N5O3. The molecule has 0 bridgehead atoms. The lowest BCUT2D eigenvalue weighted by atomic mass is 10.0. The van der Waals surface area contributed by atoms with Gasteiger partial charge < -0.3 is 21.5 Å². The number of rotatable bonds is 5. The van der Waals surface area contributed by atoms with Crippen LogP contribution in [-0.2, 0) is 13.0 Å². The first-order valence-electron chi connectivity index (χ1n) is 11.9. The number of aliphatic hydroxyl groups is 1. The number of piperidine rings is 1. The van der Waals surface area contributed by atoms with Crippen molar-refractivity contribution in [3.63, 3.8) is 0 Å². The van der Waals surface area contributed by atoms with Gasteiger partial charge in [0.2, 0.25) is 0 Å². The molecule has 1 aliphatic rings. The number of hydrogen-bond acceptors (Lipinski definition) is 6. The fourth-order valence-electron chi connectivity index (χ4n) is 3.18. The molecule has 0 aliphatic carbocycles. The van der Waals surface area contributed by atoms with E-state index in [2.05, 4.69) is 28.8 Å². The molecule has 8 heteroatoms. The Kier molecular flexibility index (Phi) is 20.6. The molecule has 8 nitrogen and oxygen atoms in total. The molecule has 0 atom stereocenters. The molecule has 1 saturated heterocycles. The molecule has 1 aliphatic heterocycles. The third-order valence-electron chi connectivity index (χ3n) is 4.62. The number of aromatic nitrogens is 2. The van der Waals surface area contributed by atoms with Crippen molar-refractivity contribution in [2.75, 3.05) is 20.1 Å². The molecule has 194 valence electrons. The molecule has 3 rings (SSSR count). The number of terminal acetylenes is 1. The van der Waals surface area contributed by atoms with Gasteiger partial charge in [0.15, 0.2) is 11.4 Å². The van der Waals surface area contributed by atoms with E-state index in [0.717, 1.165) is 37.9 Å². The molecule has 2 heterocycles. The number of aliphatic hydroxyl groups excluding tert-OH is 1. The van der Waals surface area contributed by atoms with Crippen LogP contribution in [0.1, 0.15) is 79.1 Å². The van der Waals surface area contributed by atoms with Gasteiger partial charge in [-0.3, -0.25) is 9.59 Å². The lowest BCUT2D eigenvalue weighted by Gasteiger charge is -2.26. The number of primary amides is 1. The normalized spacial score (nSPS) is 11.7. The summed E-state index contributed by atoms with van der Waals surface area (Å²) in [6.45, 7) is 9.74. The number of amides is 2. The highest BCUT2D eigenvalue weighted by molar-refractivity contribution is 5.95. The standard InChI is InChI=1S/C15H22N4O2.C7H8O.C2H6.C2H2.CH5N/c1-10(2)8-11-9-12(17-18-13(11)14(16)20)15(21)19-6-4-3-5-7-19;8-6-7-4-2-1-3-5-7;3*1-2/h9-10H,3-8H2,1-2H3,(H2,16,20);1-5,8H,6H2;1-2H3;1-2H;2H2,1H3. The van der Waals surface area contributed by atoms with Gasteiger partial charge in [-0.15, -0.1) is 23.0 Å². The molecule has 0 spiro atoms. The predicted octanol–water partition coefficient (Wildman–Crippen LogP) is 3.43. The Bertz CT molecular complexity index is 848. The van der Waals surface area contributed by atoms with Crippen molar-refractivity contribution in [3.05, 3.63) is 58.9 Å². The Hall–Kier alpha value is -3.28. The van der Waals surface area contributed by atoms with Crippen LogP contribution in [0.5, 0.6) is 0 Å². The Morgan fingerprint density at radius 3 is 2.00 bits per heavy atom. The number of benzene rings is 1. The molecular weight excluding hydrogens is 442 g/mol. The van der Waals surface area contributed by atoms with Crippen LogP contribution in [0.15, 0.2) is 36.4 Å². The van der Waals surface area contributed by atoms with E-state index in [-0.39, 0.29) is 18.2 Å². The van der Waals surface area contributed by atoms with E-state index in [1.165, 1.54) is 7.05 Å². The zero-order chi connectivity index (χ0) is 27.2. The second-order valence-corrected chi connectivity index (χ2v) is 7.56. The van der Waals surface area contributed by atoms with Crippen molar-refractivity contribution in [3.8, 4) is 12.8 Å². The topological polar surface area (TPSA) is 135 Å². The molecule has 0 saturated carbocycles. The van der Waals surface area contributed by atoms with Crippen molar-refractivity contribution in [2.24, 2.45) is 17.4 Å². The Morgan fingerprint density at radius 2 is 1.57 bits per heavy atom. The summed E-state index contributed by atoms with van der Waals surface area (Å²) in [5.74, 6) is -0.372. The van der Waals surface area contributed by atoms with Crippen LogP contribution >= 0.6 is 0 Å². The minimum Gasteiger partial charge on any atom is -0.392 e. The summed E-state index contributed by atoms with van der Waals surface area (Å²) >= 11 is 0. The molecule has 2 amide bonds. The summed E-state index contributed by atoms with van der Waals surface area (Å²) in [5, 5.41) is 16.3. The van der Waals surface area contributed by atoms with Crippen LogP contribution in [0.2, 0.25) is 0 Å². The number of nitrogens with two attached hydrogens (primary N) is 2. The molecule has 1 aromatic carbocycles. The Morgan fingerprint density at radius 1 is 1.03 bits per heavy atom. The molecule has 0 radical (unpaired) electrons. The third kappa shape index (κ3) is 13.3. The van der Waals surface area contributed by atoms with Crippen molar-refractivity contribution in [1.82, 2.24) is 15.1 Å². The number of carbonyl (C=O) groups is 2. The average molecular weight is 486 g/mol. The number of nitrogens with zero attached hydrogens (tertiary/aromatic N) is 3. The second-order valence-electron chi connectivity index (χ2n) is 7.56. The van der Waals surface area contributed by atoms with Gasteiger partial charge in [-0.1, -0.05) is 58.0 Å². The van der Waals surface area contributed by atoms with Gasteiger partial charge in [-0.25, -0.2) is 0 Å². The SMILES string of the molecule is C#C.CC.CC(C)Cc1cc(C(=O)N2CCCCC2)nnc1C(N)=O.CN.OCc1ccccc1. The zero-order valence-electron chi connectivity index (χ0n) is 21.9. The second kappa shape index (κ2) is 21.3. The van der Waals surface area contributed by atoms with E-state index in [1.807, 2.05) is 58.0 Å². The van der Waals surface area contributed by atoms with Gasteiger partial charge in [0, 0.05) is 13.1 Å². The van der Waals surface area contributed by atoms with Gasteiger partial charge in [-0.2, -0.15) is 0 Å². The largest absolute Gasteiger partial charge is 0.392 e. The lowest BCUT2D eigenvalue weighted by Crippen LogP contribution is -2.36. The fourth-order valence-corrected chi connectivity index (χ4v) is 3.18. The van der Waals surface area contributed by atoms with E-state index in [0.29, 0.717) is 23.6 Å². The number of carbonyl (C=O) groups excluding carboxylic acids is 2. The van der Waals surface area contributed by atoms with Gasteiger partial charge >= 0.3 is 0 Å². The van der Waals surface area contributed by atoms with Gasteiger partial charge in [0.1, 0.15) is 0 Å². The predicted molar refractivity (Wildman–Crippen MR) is 143 cm³/mol. The smallest absolute Gasteiger partial charge is 0.274 e. The van der Waals surface area contributed by atoms with Crippen LogP contribution in [0, 0.1) is 18.8 Å². The zero-order valence-corrected chi connectivity index (χ0v) is 21.9. The van der Waals surface area contributed by atoms with E-state index < -0.39 is 5.91 Å². The summed E-state index contributed by atoms with van der Waals surface area (Å²) in [5.41, 5.74) is 12.0. The number of hydrogen-bond donors (Lipinski definition) is 3. The maximum atomic E-state index is 12.4.